The van der Waals surface area contributed by atoms with Gasteiger partial charge in [-0.05, 0) is 12.0 Å². The lowest BCUT2D eigenvalue weighted by atomic mass is 9.90. The fraction of sp³-hybridized carbons (Fsp3) is 0.526. The molecule has 22 heavy (non-hydrogen) atoms. The summed E-state index contributed by atoms with van der Waals surface area (Å²) in [5.41, 5.74) is 2.68. The predicted molar refractivity (Wildman–Crippen MR) is 98.1 cm³/mol. The number of nitrogens with zero attached hydrogens (tertiary/aromatic N) is 1. The third-order valence-corrected chi connectivity index (χ3v) is 4.68. The van der Waals surface area contributed by atoms with Crippen LogP contribution in [-0.4, -0.2) is 11.5 Å². The van der Waals surface area contributed by atoms with Crippen molar-refractivity contribution in [1.29, 1.82) is 0 Å². The summed E-state index contributed by atoms with van der Waals surface area (Å²) in [5.74, 6) is 0. The number of nitrogens with one attached hydrogen (secondary N) is 1. The number of unbranched alkanes of at least 4 members (excludes halogenated alkanes) is 2. The molecule has 2 rings (SSSR count). The minimum atomic E-state index is 0.0873. The fourth-order valence-corrected chi connectivity index (χ4v) is 3.72. The van der Waals surface area contributed by atoms with Crippen molar-refractivity contribution in [3.8, 4) is 0 Å². The highest BCUT2D eigenvalue weighted by molar-refractivity contribution is 7.15. The highest BCUT2D eigenvalue weighted by Crippen LogP contribution is 2.33. The summed E-state index contributed by atoms with van der Waals surface area (Å²) in [6, 6.07) is 10.7. The summed E-state index contributed by atoms with van der Waals surface area (Å²) >= 11 is 1.82. The van der Waals surface area contributed by atoms with Crippen LogP contribution in [0.15, 0.2) is 30.3 Å². The van der Waals surface area contributed by atoms with Crippen molar-refractivity contribution >= 4 is 16.5 Å². The second kappa shape index (κ2) is 7.77. The molecular formula is C19H28N2S. The lowest BCUT2D eigenvalue weighted by Crippen LogP contribution is -2.14. The predicted octanol–water partition coefficient (Wildman–Crippen LogP) is 5.63. The highest BCUT2D eigenvalue weighted by atomic mass is 32.1. The molecule has 0 saturated heterocycles. The molecule has 1 aromatic carbocycles. The molecule has 0 spiro atoms. The smallest absolute Gasteiger partial charge is 0.183 e. The van der Waals surface area contributed by atoms with Crippen LogP contribution in [-0.2, 0) is 11.8 Å². The molecule has 1 aromatic heterocycles. The zero-order valence-electron chi connectivity index (χ0n) is 14.3. The van der Waals surface area contributed by atoms with Gasteiger partial charge in [-0.15, -0.1) is 11.3 Å². The van der Waals surface area contributed by atoms with Gasteiger partial charge in [-0.25, -0.2) is 4.98 Å². The first-order chi connectivity index (χ1) is 10.5. The molecule has 0 aliphatic heterocycles. The maximum atomic E-state index is 4.88. The molecule has 0 aliphatic carbocycles. The van der Waals surface area contributed by atoms with Gasteiger partial charge in [0.2, 0.25) is 0 Å². The van der Waals surface area contributed by atoms with E-state index < -0.39 is 0 Å². The first-order valence-corrected chi connectivity index (χ1v) is 9.10. The quantitative estimate of drug-likeness (QED) is 0.669. The van der Waals surface area contributed by atoms with Crippen molar-refractivity contribution in [2.24, 2.45) is 0 Å². The fourth-order valence-electron chi connectivity index (χ4n) is 2.48. The van der Waals surface area contributed by atoms with Gasteiger partial charge in [0.25, 0.3) is 0 Å². The Bertz CT molecular complexity index is 567. The Kier molecular flexibility index (Phi) is 6.01. The van der Waals surface area contributed by atoms with Crippen LogP contribution in [0.4, 0.5) is 5.13 Å². The topological polar surface area (TPSA) is 24.9 Å². The van der Waals surface area contributed by atoms with E-state index in [1.54, 1.807) is 0 Å². The van der Waals surface area contributed by atoms with E-state index >= 15 is 0 Å². The molecule has 0 bridgehead atoms. The molecule has 2 nitrogen and oxygen atoms in total. The van der Waals surface area contributed by atoms with E-state index in [-0.39, 0.29) is 5.41 Å². The van der Waals surface area contributed by atoms with E-state index in [0.717, 1.165) is 18.1 Å². The average Bonchev–Trinajstić information content (AvgIpc) is 2.88. The molecule has 0 amide bonds. The summed E-state index contributed by atoms with van der Waals surface area (Å²) in [6.07, 6.45) is 4.73. The van der Waals surface area contributed by atoms with Gasteiger partial charge in [0, 0.05) is 23.3 Å². The van der Waals surface area contributed by atoms with Crippen molar-refractivity contribution < 1.29 is 0 Å². The maximum Gasteiger partial charge on any atom is 0.183 e. The zero-order chi connectivity index (χ0) is 16.0. The van der Waals surface area contributed by atoms with Crippen LogP contribution in [0.3, 0.4) is 0 Å². The summed E-state index contributed by atoms with van der Waals surface area (Å²) in [4.78, 5) is 6.27. The summed E-state index contributed by atoms with van der Waals surface area (Å²) in [5, 5.41) is 4.58. The van der Waals surface area contributed by atoms with Crippen molar-refractivity contribution in [3.63, 3.8) is 0 Å². The Morgan fingerprint density at radius 1 is 1.09 bits per heavy atom. The summed E-state index contributed by atoms with van der Waals surface area (Å²) in [7, 11) is 0. The van der Waals surface area contributed by atoms with Crippen molar-refractivity contribution in [2.45, 2.75) is 58.8 Å². The van der Waals surface area contributed by atoms with Gasteiger partial charge in [-0.2, -0.15) is 0 Å². The number of hydrogen-bond donors (Lipinski definition) is 1. The molecular weight excluding hydrogens is 288 g/mol. The minimum Gasteiger partial charge on any atom is -0.362 e. The second-order valence-corrected chi connectivity index (χ2v) is 7.92. The van der Waals surface area contributed by atoms with Crippen LogP contribution in [0.25, 0.3) is 0 Å². The molecule has 2 aromatic rings. The SMILES string of the molecule is CCCCCNc1nc(C(C)(C)C)c(Cc2ccccc2)s1. The van der Waals surface area contributed by atoms with E-state index in [0.29, 0.717) is 0 Å². The van der Waals surface area contributed by atoms with Gasteiger partial charge >= 0.3 is 0 Å². The van der Waals surface area contributed by atoms with E-state index in [1.807, 2.05) is 11.3 Å². The van der Waals surface area contributed by atoms with E-state index in [9.17, 15) is 0 Å². The molecule has 0 aliphatic rings. The van der Waals surface area contributed by atoms with Gasteiger partial charge in [-0.1, -0.05) is 70.9 Å². The largest absolute Gasteiger partial charge is 0.362 e. The second-order valence-electron chi connectivity index (χ2n) is 6.84. The van der Waals surface area contributed by atoms with Crippen LogP contribution in [0, 0.1) is 0 Å². The standard InChI is InChI=1S/C19H28N2S/c1-5-6-10-13-20-18-21-17(19(2,3)4)16(22-18)14-15-11-8-7-9-12-15/h7-9,11-12H,5-6,10,13-14H2,1-4H3,(H,20,21). The number of hydrogen-bond acceptors (Lipinski definition) is 3. The molecule has 0 unspecified atom stereocenters. The van der Waals surface area contributed by atoms with Gasteiger partial charge in [0.1, 0.15) is 0 Å². The number of thiazole rings is 1. The molecule has 1 heterocycles. The number of rotatable bonds is 7. The molecule has 0 saturated carbocycles. The number of benzene rings is 1. The minimum absolute atomic E-state index is 0.0873. The third kappa shape index (κ3) is 4.84. The van der Waals surface area contributed by atoms with Crippen LogP contribution in [0.2, 0.25) is 0 Å². The number of aromatic nitrogens is 1. The van der Waals surface area contributed by atoms with E-state index in [2.05, 4.69) is 63.3 Å². The maximum absolute atomic E-state index is 4.88. The van der Waals surface area contributed by atoms with Gasteiger partial charge in [0.15, 0.2) is 5.13 Å². The Morgan fingerprint density at radius 3 is 2.45 bits per heavy atom. The highest BCUT2D eigenvalue weighted by Gasteiger charge is 2.23. The van der Waals surface area contributed by atoms with Crippen LogP contribution < -0.4 is 5.32 Å². The third-order valence-electron chi connectivity index (χ3n) is 3.67. The van der Waals surface area contributed by atoms with Crippen molar-refractivity contribution in [1.82, 2.24) is 4.98 Å². The lowest BCUT2D eigenvalue weighted by Gasteiger charge is -2.17. The molecule has 1 N–H and O–H groups in total. The Morgan fingerprint density at radius 2 is 1.82 bits per heavy atom. The van der Waals surface area contributed by atoms with E-state index in [1.165, 1.54) is 35.4 Å². The molecule has 0 fully saturated rings. The molecule has 0 atom stereocenters. The molecule has 3 heteroatoms. The lowest BCUT2D eigenvalue weighted by molar-refractivity contribution is 0.568. The Hall–Kier alpha value is -1.35. The Balaban J connectivity index is 2.14. The average molecular weight is 317 g/mol. The summed E-state index contributed by atoms with van der Waals surface area (Å²) in [6.45, 7) is 10.0. The first-order valence-electron chi connectivity index (χ1n) is 8.28. The van der Waals surface area contributed by atoms with Crippen molar-refractivity contribution in [3.05, 3.63) is 46.5 Å². The first kappa shape index (κ1) is 17.0. The van der Waals surface area contributed by atoms with Gasteiger partial charge in [-0.3, -0.25) is 0 Å². The van der Waals surface area contributed by atoms with E-state index in [4.69, 9.17) is 4.98 Å². The zero-order valence-corrected chi connectivity index (χ0v) is 15.1. The number of anilines is 1. The molecule has 0 radical (unpaired) electrons. The van der Waals surface area contributed by atoms with Crippen LogP contribution in [0.5, 0.6) is 0 Å². The van der Waals surface area contributed by atoms with Crippen LogP contribution in [0.1, 0.15) is 63.1 Å². The van der Waals surface area contributed by atoms with Crippen molar-refractivity contribution in [2.75, 3.05) is 11.9 Å². The monoisotopic (exact) mass is 316 g/mol. The normalized spacial score (nSPS) is 11.6. The summed E-state index contributed by atoms with van der Waals surface area (Å²) < 4.78 is 0. The van der Waals surface area contributed by atoms with Crippen LogP contribution >= 0.6 is 11.3 Å². The van der Waals surface area contributed by atoms with Gasteiger partial charge < -0.3 is 5.32 Å². The molecule has 120 valence electrons. The van der Waals surface area contributed by atoms with Gasteiger partial charge in [0.05, 0.1) is 5.69 Å². The Labute approximate surface area is 139 Å².